The van der Waals surface area contributed by atoms with Crippen molar-refractivity contribution in [1.29, 1.82) is 0 Å². The van der Waals surface area contributed by atoms with Crippen molar-refractivity contribution >= 4 is 8.58 Å². The molecular formula is C8H20NP. The van der Waals surface area contributed by atoms with Crippen molar-refractivity contribution in [2.45, 2.75) is 20.8 Å². The Morgan fingerprint density at radius 2 is 1.70 bits per heavy atom. The topological polar surface area (TPSA) is 3.24 Å². The third-order valence-electron chi connectivity index (χ3n) is 1.75. The summed E-state index contributed by atoms with van der Waals surface area (Å²) in [7, 11) is 1.17. The molecule has 0 saturated heterocycles. The predicted octanol–water partition coefficient (Wildman–Crippen LogP) is 2.03. The largest absolute Gasteiger partial charge is 0.304 e. The molecule has 1 unspecified atom stereocenters. The summed E-state index contributed by atoms with van der Waals surface area (Å²) in [6.45, 7) is 10.5. The van der Waals surface area contributed by atoms with Gasteiger partial charge in [-0.25, -0.2) is 0 Å². The molecular weight excluding hydrogens is 141 g/mol. The minimum absolute atomic E-state index is 1.17. The van der Waals surface area contributed by atoms with E-state index in [0.29, 0.717) is 0 Å². The summed E-state index contributed by atoms with van der Waals surface area (Å²) in [5.74, 6) is 0. The Balaban J connectivity index is 3.09. The van der Waals surface area contributed by atoms with E-state index in [1.54, 1.807) is 0 Å². The molecule has 2 heteroatoms. The predicted molar refractivity (Wildman–Crippen MR) is 51.5 cm³/mol. The molecule has 0 aliphatic heterocycles. The van der Waals surface area contributed by atoms with E-state index in [-0.39, 0.29) is 0 Å². The fourth-order valence-electron chi connectivity index (χ4n) is 0.954. The molecule has 0 aromatic carbocycles. The van der Waals surface area contributed by atoms with Crippen molar-refractivity contribution in [3.05, 3.63) is 0 Å². The molecule has 0 heterocycles. The van der Waals surface area contributed by atoms with E-state index in [1.165, 1.54) is 40.5 Å². The highest BCUT2D eigenvalue weighted by Gasteiger charge is 1.95. The SMILES string of the molecule is CCPCCN(CC)CC. The second kappa shape index (κ2) is 7.50. The van der Waals surface area contributed by atoms with Gasteiger partial charge in [-0.1, -0.05) is 20.8 Å². The van der Waals surface area contributed by atoms with Gasteiger partial charge in [-0.3, -0.25) is 0 Å². The van der Waals surface area contributed by atoms with Gasteiger partial charge in [-0.05, 0) is 25.4 Å². The van der Waals surface area contributed by atoms with E-state index in [4.69, 9.17) is 0 Å². The lowest BCUT2D eigenvalue weighted by Crippen LogP contribution is -2.25. The highest BCUT2D eigenvalue weighted by molar-refractivity contribution is 7.37. The summed E-state index contributed by atoms with van der Waals surface area (Å²) in [5.41, 5.74) is 0. The van der Waals surface area contributed by atoms with E-state index in [0.717, 1.165) is 0 Å². The maximum atomic E-state index is 2.49. The first-order valence-electron chi connectivity index (χ1n) is 4.28. The lowest BCUT2D eigenvalue weighted by Gasteiger charge is -2.16. The second-order valence-electron chi connectivity index (χ2n) is 2.38. The molecule has 0 aliphatic carbocycles. The summed E-state index contributed by atoms with van der Waals surface area (Å²) in [5, 5.41) is 0. The summed E-state index contributed by atoms with van der Waals surface area (Å²) in [4.78, 5) is 2.49. The number of nitrogens with zero attached hydrogens (tertiary/aromatic N) is 1. The highest BCUT2D eigenvalue weighted by Crippen LogP contribution is 2.07. The molecule has 0 amide bonds. The molecule has 0 bridgehead atoms. The lowest BCUT2D eigenvalue weighted by atomic mass is 10.5. The molecule has 0 aliphatic rings. The molecule has 10 heavy (non-hydrogen) atoms. The van der Waals surface area contributed by atoms with Crippen LogP contribution in [0.4, 0.5) is 0 Å². The quantitative estimate of drug-likeness (QED) is 0.425. The van der Waals surface area contributed by atoms with Crippen molar-refractivity contribution in [2.75, 3.05) is 32.0 Å². The van der Waals surface area contributed by atoms with Crippen LogP contribution in [0.3, 0.4) is 0 Å². The van der Waals surface area contributed by atoms with E-state index >= 15 is 0 Å². The summed E-state index contributed by atoms with van der Waals surface area (Å²) in [6, 6.07) is 0. The van der Waals surface area contributed by atoms with Gasteiger partial charge in [0, 0.05) is 6.54 Å². The minimum Gasteiger partial charge on any atom is -0.304 e. The van der Waals surface area contributed by atoms with Gasteiger partial charge in [0.05, 0.1) is 0 Å². The van der Waals surface area contributed by atoms with E-state index in [9.17, 15) is 0 Å². The van der Waals surface area contributed by atoms with Gasteiger partial charge in [-0.15, -0.1) is 8.58 Å². The fourth-order valence-corrected chi connectivity index (χ4v) is 1.78. The van der Waals surface area contributed by atoms with Gasteiger partial charge >= 0.3 is 0 Å². The molecule has 62 valence electrons. The van der Waals surface area contributed by atoms with Crippen LogP contribution in [-0.2, 0) is 0 Å². The zero-order valence-corrected chi connectivity index (χ0v) is 8.48. The zero-order valence-electron chi connectivity index (χ0n) is 7.48. The standard InChI is InChI=1S/C8H20NP/c1-4-9(5-2)7-8-10-6-3/h10H,4-8H2,1-3H3. The Morgan fingerprint density at radius 1 is 1.10 bits per heavy atom. The minimum atomic E-state index is 1.17. The molecule has 0 aromatic heterocycles. The van der Waals surface area contributed by atoms with Crippen LogP contribution in [-0.4, -0.2) is 36.9 Å². The van der Waals surface area contributed by atoms with Crippen LogP contribution >= 0.6 is 8.58 Å². The molecule has 0 aromatic rings. The van der Waals surface area contributed by atoms with Crippen molar-refractivity contribution in [3.63, 3.8) is 0 Å². The molecule has 0 spiro atoms. The molecule has 1 atom stereocenters. The Morgan fingerprint density at radius 3 is 2.10 bits per heavy atom. The normalized spacial score (nSPS) is 12.0. The van der Waals surface area contributed by atoms with Crippen molar-refractivity contribution in [3.8, 4) is 0 Å². The van der Waals surface area contributed by atoms with Gasteiger partial charge in [-0.2, -0.15) is 0 Å². The Hall–Kier alpha value is 0.390. The maximum Gasteiger partial charge on any atom is 0.00181 e. The van der Waals surface area contributed by atoms with Crippen LogP contribution in [0.1, 0.15) is 20.8 Å². The Labute approximate surface area is 67.0 Å². The van der Waals surface area contributed by atoms with Crippen molar-refractivity contribution in [2.24, 2.45) is 0 Å². The second-order valence-corrected chi connectivity index (χ2v) is 4.09. The third kappa shape index (κ3) is 5.20. The summed E-state index contributed by atoms with van der Waals surface area (Å²) in [6.07, 6.45) is 2.76. The van der Waals surface area contributed by atoms with E-state index in [2.05, 4.69) is 25.7 Å². The van der Waals surface area contributed by atoms with Crippen molar-refractivity contribution < 1.29 is 0 Å². The van der Waals surface area contributed by atoms with Crippen LogP contribution < -0.4 is 0 Å². The van der Waals surface area contributed by atoms with Crippen LogP contribution in [0.15, 0.2) is 0 Å². The summed E-state index contributed by atoms with van der Waals surface area (Å²) >= 11 is 0. The first-order valence-corrected chi connectivity index (χ1v) is 5.69. The monoisotopic (exact) mass is 161 g/mol. The van der Waals surface area contributed by atoms with Crippen LogP contribution in [0.2, 0.25) is 0 Å². The van der Waals surface area contributed by atoms with Crippen LogP contribution in [0.25, 0.3) is 0 Å². The Bertz CT molecular complexity index is 62.3. The number of rotatable bonds is 6. The number of hydrogen-bond donors (Lipinski definition) is 0. The molecule has 1 nitrogen and oxygen atoms in total. The van der Waals surface area contributed by atoms with E-state index < -0.39 is 0 Å². The van der Waals surface area contributed by atoms with Crippen LogP contribution in [0.5, 0.6) is 0 Å². The van der Waals surface area contributed by atoms with Crippen molar-refractivity contribution in [1.82, 2.24) is 4.90 Å². The van der Waals surface area contributed by atoms with Gasteiger partial charge in [0.15, 0.2) is 0 Å². The zero-order chi connectivity index (χ0) is 7.82. The molecule has 0 rings (SSSR count). The first kappa shape index (κ1) is 10.4. The third-order valence-corrected chi connectivity index (χ3v) is 2.83. The smallest absolute Gasteiger partial charge is 0.00181 e. The lowest BCUT2D eigenvalue weighted by molar-refractivity contribution is 0.323. The average Bonchev–Trinajstić information content (AvgIpc) is 1.99. The summed E-state index contributed by atoms with van der Waals surface area (Å²) < 4.78 is 0. The van der Waals surface area contributed by atoms with Crippen LogP contribution in [0, 0.1) is 0 Å². The van der Waals surface area contributed by atoms with Gasteiger partial charge in [0.25, 0.3) is 0 Å². The van der Waals surface area contributed by atoms with Gasteiger partial charge in [0.1, 0.15) is 0 Å². The fraction of sp³-hybridized carbons (Fsp3) is 1.00. The highest BCUT2D eigenvalue weighted by atomic mass is 31.1. The maximum absolute atomic E-state index is 2.49. The number of hydrogen-bond acceptors (Lipinski definition) is 1. The molecule has 0 fully saturated rings. The van der Waals surface area contributed by atoms with E-state index in [1.807, 2.05) is 0 Å². The Kier molecular flexibility index (Phi) is 7.79. The van der Waals surface area contributed by atoms with Gasteiger partial charge in [0.2, 0.25) is 0 Å². The molecule has 0 N–H and O–H groups in total. The average molecular weight is 161 g/mol. The first-order chi connectivity index (χ1) is 4.85. The molecule has 0 saturated carbocycles. The molecule has 0 radical (unpaired) electrons. The van der Waals surface area contributed by atoms with Gasteiger partial charge < -0.3 is 4.90 Å².